The molecule has 17 heavy (non-hydrogen) atoms. The summed E-state index contributed by atoms with van der Waals surface area (Å²) in [4.78, 5) is 4.04. The van der Waals surface area contributed by atoms with E-state index < -0.39 is 6.10 Å². The maximum Gasteiger partial charge on any atom is 0.149 e. The molecular weight excluding hydrogens is 217 g/mol. The molecule has 1 aliphatic rings. The molecule has 1 heterocycles. The fraction of sp³-hybridized carbons (Fsp3) is 0.0714. The Hall–Kier alpha value is -2.00. The Bertz CT molecular complexity index is 607. The maximum atomic E-state index is 13.7. The molecule has 1 atom stereocenters. The third-order valence-corrected chi connectivity index (χ3v) is 2.91. The third kappa shape index (κ3) is 1.56. The lowest BCUT2D eigenvalue weighted by Gasteiger charge is -2.05. The van der Waals surface area contributed by atoms with Gasteiger partial charge in [-0.2, -0.15) is 0 Å². The number of fused-ring (bicyclic) bond motifs is 1. The van der Waals surface area contributed by atoms with Crippen LogP contribution >= 0.6 is 0 Å². The molecule has 1 unspecified atom stereocenters. The molecule has 0 spiro atoms. The van der Waals surface area contributed by atoms with E-state index in [4.69, 9.17) is 0 Å². The number of hydrogen-bond acceptors (Lipinski definition) is 2. The topological polar surface area (TPSA) is 33.1 Å². The molecule has 2 aromatic rings. The van der Waals surface area contributed by atoms with Crippen molar-refractivity contribution in [2.75, 3.05) is 0 Å². The lowest BCUT2D eigenvalue weighted by atomic mass is 10.0. The van der Waals surface area contributed by atoms with Crippen molar-refractivity contribution >= 4 is 5.57 Å². The number of aliphatic hydroxyl groups is 1. The van der Waals surface area contributed by atoms with Gasteiger partial charge < -0.3 is 5.11 Å². The van der Waals surface area contributed by atoms with E-state index >= 15 is 0 Å². The van der Waals surface area contributed by atoms with E-state index in [1.54, 1.807) is 18.3 Å². The first-order chi connectivity index (χ1) is 8.27. The minimum atomic E-state index is -0.678. The predicted octanol–water partition coefficient (Wildman–Crippen LogP) is 2.70. The van der Waals surface area contributed by atoms with E-state index in [-0.39, 0.29) is 11.5 Å². The largest absolute Gasteiger partial charge is 0.384 e. The molecule has 0 saturated carbocycles. The standard InChI is InChI=1S/C14H10FNO/c15-12-6-3-7-16-14(12)11-8-13(17)10-5-2-1-4-9(10)11/h1-8,13,17H. The molecule has 0 bridgehead atoms. The smallest absolute Gasteiger partial charge is 0.149 e. The van der Waals surface area contributed by atoms with Crippen molar-refractivity contribution in [1.82, 2.24) is 4.98 Å². The highest BCUT2D eigenvalue weighted by Gasteiger charge is 2.24. The first-order valence-electron chi connectivity index (χ1n) is 5.37. The Morgan fingerprint density at radius 1 is 1.12 bits per heavy atom. The Morgan fingerprint density at radius 2 is 1.94 bits per heavy atom. The van der Waals surface area contributed by atoms with Crippen LogP contribution in [0.3, 0.4) is 0 Å². The van der Waals surface area contributed by atoms with Gasteiger partial charge in [-0.25, -0.2) is 4.39 Å². The molecule has 2 nitrogen and oxygen atoms in total. The summed E-state index contributed by atoms with van der Waals surface area (Å²) >= 11 is 0. The van der Waals surface area contributed by atoms with Crippen LogP contribution in [0.1, 0.15) is 22.9 Å². The van der Waals surface area contributed by atoms with Gasteiger partial charge in [-0.05, 0) is 29.3 Å². The van der Waals surface area contributed by atoms with Crippen LogP contribution in [0.5, 0.6) is 0 Å². The van der Waals surface area contributed by atoms with E-state index in [1.165, 1.54) is 6.07 Å². The molecule has 0 fully saturated rings. The summed E-state index contributed by atoms with van der Waals surface area (Å²) in [5.74, 6) is -0.373. The third-order valence-electron chi connectivity index (χ3n) is 2.91. The summed E-state index contributed by atoms with van der Waals surface area (Å²) < 4.78 is 13.7. The molecule has 0 amide bonds. The van der Waals surface area contributed by atoms with Gasteiger partial charge in [0, 0.05) is 11.8 Å². The van der Waals surface area contributed by atoms with Crippen molar-refractivity contribution in [3.63, 3.8) is 0 Å². The zero-order valence-electron chi connectivity index (χ0n) is 8.97. The van der Waals surface area contributed by atoms with Crippen LogP contribution in [0.15, 0.2) is 48.7 Å². The maximum absolute atomic E-state index is 13.7. The Kier molecular flexibility index (Phi) is 2.27. The fourth-order valence-electron chi connectivity index (χ4n) is 2.13. The summed E-state index contributed by atoms with van der Waals surface area (Å²) in [5.41, 5.74) is 2.59. The van der Waals surface area contributed by atoms with Crippen molar-refractivity contribution in [1.29, 1.82) is 0 Å². The monoisotopic (exact) mass is 227 g/mol. The SMILES string of the molecule is OC1C=C(c2ncccc2F)c2ccccc21. The number of hydrogen-bond donors (Lipinski definition) is 1. The molecule has 0 saturated heterocycles. The van der Waals surface area contributed by atoms with Crippen LogP contribution in [0, 0.1) is 5.82 Å². The zero-order valence-corrected chi connectivity index (χ0v) is 8.97. The predicted molar refractivity (Wildman–Crippen MR) is 62.7 cm³/mol. The van der Waals surface area contributed by atoms with E-state index in [2.05, 4.69) is 4.98 Å². The normalized spacial score (nSPS) is 17.8. The van der Waals surface area contributed by atoms with Crippen molar-refractivity contribution < 1.29 is 9.50 Å². The first kappa shape index (κ1) is 10.2. The van der Waals surface area contributed by atoms with Gasteiger partial charge in [-0.1, -0.05) is 24.3 Å². The van der Waals surface area contributed by atoms with Gasteiger partial charge in [0.05, 0.1) is 6.10 Å². The second kappa shape index (κ2) is 3.79. The number of benzene rings is 1. The van der Waals surface area contributed by atoms with Gasteiger partial charge in [-0.3, -0.25) is 4.98 Å². The molecule has 84 valence electrons. The minimum absolute atomic E-state index is 0.288. The first-order valence-corrected chi connectivity index (χ1v) is 5.37. The summed E-state index contributed by atoms with van der Waals surface area (Å²) in [5, 5.41) is 9.88. The van der Waals surface area contributed by atoms with Gasteiger partial charge in [0.1, 0.15) is 11.5 Å². The highest BCUT2D eigenvalue weighted by molar-refractivity contribution is 5.84. The molecule has 3 rings (SSSR count). The summed E-state index contributed by atoms with van der Waals surface area (Å²) in [6, 6.07) is 10.3. The quantitative estimate of drug-likeness (QED) is 0.812. The van der Waals surface area contributed by atoms with E-state index in [9.17, 15) is 9.50 Å². The van der Waals surface area contributed by atoms with Gasteiger partial charge in [-0.15, -0.1) is 0 Å². The zero-order chi connectivity index (χ0) is 11.8. The van der Waals surface area contributed by atoms with Crippen LogP contribution < -0.4 is 0 Å². The van der Waals surface area contributed by atoms with Crippen molar-refractivity contribution in [2.24, 2.45) is 0 Å². The van der Waals surface area contributed by atoms with Gasteiger partial charge in [0.15, 0.2) is 0 Å². The van der Waals surface area contributed by atoms with Gasteiger partial charge >= 0.3 is 0 Å². The second-order valence-electron chi connectivity index (χ2n) is 3.95. The highest BCUT2D eigenvalue weighted by Crippen LogP contribution is 2.37. The van der Waals surface area contributed by atoms with Crippen LogP contribution in [-0.4, -0.2) is 10.1 Å². The van der Waals surface area contributed by atoms with E-state index in [0.29, 0.717) is 5.57 Å². The molecule has 1 aromatic carbocycles. The number of nitrogens with zero attached hydrogens (tertiary/aromatic N) is 1. The van der Waals surface area contributed by atoms with Crippen molar-refractivity contribution in [3.05, 3.63) is 71.3 Å². The minimum Gasteiger partial charge on any atom is -0.384 e. The summed E-state index contributed by atoms with van der Waals surface area (Å²) in [7, 11) is 0. The molecule has 0 radical (unpaired) electrons. The van der Waals surface area contributed by atoms with E-state index in [1.807, 2.05) is 24.3 Å². The number of rotatable bonds is 1. The molecule has 1 N–H and O–H groups in total. The Balaban J connectivity index is 2.19. The van der Waals surface area contributed by atoms with Crippen molar-refractivity contribution in [2.45, 2.75) is 6.10 Å². The lowest BCUT2D eigenvalue weighted by molar-refractivity contribution is 0.232. The number of aliphatic hydroxyl groups excluding tert-OH is 1. The Labute approximate surface area is 98.1 Å². The molecule has 0 aliphatic heterocycles. The van der Waals surface area contributed by atoms with Crippen LogP contribution in [-0.2, 0) is 0 Å². The molecule has 3 heteroatoms. The number of aromatic nitrogens is 1. The summed E-state index contributed by atoms with van der Waals surface area (Å²) in [6.45, 7) is 0. The van der Waals surface area contributed by atoms with Crippen LogP contribution in [0.2, 0.25) is 0 Å². The molecular formula is C14H10FNO. The van der Waals surface area contributed by atoms with Gasteiger partial charge in [0.2, 0.25) is 0 Å². The summed E-state index contributed by atoms with van der Waals surface area (Å²) in [6.07, 6.45) is 2.51. The fourth-order valence-corrected chi connectivity index (χ4v) is 2.13. The van der Waals surface area contributed by atoms with Crippen LogP contribution in [0.25, 0.3) is 5.57 Å². The molecule has 1 aliphatic carbocycles. The number of halogens is 1. The van der Waals surface area contributed by atoms with Crippen LogP contribution in [0.4, 0.5) is 4.39 Å². The van der Waals surface area contributed by atoms with Gasteiger partial charge in [0.25, 0.3) is 0 Å². The second-order valence-corrected chi connectivity index (χ2v) is 3.95. The molecule has 1 aromatic heterocycles. The Morgan fingerprint density at radius 3 is 2.76 bits per heavy atom. The van der Waals surface area contributed by atoms with Crippen molar-refractivity contribution in [3.8, 4) is 0 Å². The number of pyridine rings is 1. The lowest BCUT2D eigenvalue weighted by Crippen LogP contribution is -1.94. The van der Waals surface area contributed by atoms with E-state index in [0.717, 1.165) is 11.1 Å². The average Bonchev–Trinajstić information content (AvgIpc) is 2.68. The highest BCUT2D eigenvalue weighted by atomic mass is 19.1. The average molecular weight is 227 g/mol.